The molecule has 0 aliphatic heterocycles. The topological polar surface area (TPSA) is 15.3 Å². The fourth-order valence-electron chi connectivity index (χ4n) is 1.68. The summed E-state index contributed by atoms with van der Waals surface area (Å²) in [5.74, 6) is 0. The van der Waals surface area contributed by atoms with E-state index in [0.717, 1.165) is 12.6 Å². The second-order valence-corrected chi connectivity index (χ2v) is 5.07. The van der Waals surface area contributed by atoms with Crippen LogP contribution in [0, 0.1) is 0 Å². The molecule has 0 amide bonds. The predicted molar refractivity (Wildman–Crippen MR) is 58.0 cm³/mol. The quantitative estimate of drug-likeness (QED) is 0.717. The van der Waals surface area contributed by atoms with Gasteiger partial charge in [0.05, 0.1) is 0 Å². The summed E-state index contributed by atoms with van der Waals surface area (Å²) in [4.78, 5) is 2.29. The third-order valence-corrected chi connectivity index (χ3v) is 3.39. The summed E-state index contributed by atoms with van der Waals surface area (Å²) in [7, 11) is 4.30. The minimum atomic E-state index is 0.280. The minimum absolute atomic E-state index is 0.280. The first kappa shape index (κ1) is 11.0. The van der Waals surface area contributed by atoms with Crippen molar-refractivity contribution in [2.24, 2.45) is 0 Å². The van der Waals surface area contributed by atoms with Crippen LogP contribution in [0.15, 0.2) is 0 Å². The summed E-state index contributed by atoms with van der Waals surface area (Å²) >= 11 is 0. The fourth-order valence-corrected chi connectivity index (χ4v) is 1.68. The standard InChI is InChI=1S/C11H24N2/c1-11(2,13(3)4)9-12-10-7-5-6-8-10/h10,12H,5-9H2,1-4H3. The van der Waals surface area contributed by atoms with Crippen molar-refractivity contribution < 1.29 is 0 Å². The van der Waals surface area contributed by atoms with Crippen LogP contribution in [0.1, 0.15) is 39.5 Å². The van der Waals surface area contributed by atoms with E-state index in [1.807, 2.05) is 0 Å². The van der Waals surface area contributed by atoms with Gasteiger partial charge in [-0.05, 0) is 40.8 Å². The zero-order chi connectivity index (χ0) is 9.90. The smallest absolute Gasteiger partial charge is 0.0271 e. The summed E-state index contributed by atoms with van der Waals surface area (Å²) in [6, 6.07) is 0.791. The summed E-state index contributed by atoms with van der Waals surface area (Å²) in [6.07, 6.45) is 5.59. The first-order valence-corrected chi connectivity index (χ1v) is 5.43. The number of likely N-dealkylation sites (N-methyl/N-ethyl adjacent to an activating group) is 1. The molecule has 2 nitrogen and oxygen atoms in total. The largest absolute Gasteiger partial charge is 0.312 e. The summed E-state index contributed by atoms with van der Waals surface area (Å²) in [6.45, 7) is 5.68. The highest BCUT2D eigenvalue weighted by Crippen LogP contribution is 2.18. The van der Waals surface area contributed by atoms with Crippen LogP contribution in [-0.4, -0.2) is 37.1 Å². The summed E-state index contributed by atoms with van der Waals surface area (Å²) < 4.78 is 0. The van der Waals surface area contributed by atoms with E-state index in [2.05, 4.69) is 38.2 Å². The van der Waals surface area contributed by atoms with E-state index in [4.69, 9.17) is 0 Å². The summed E-state index contributed by atoms with van der Waals surface area (Å²) in [5.41, 5.74) is 0.280. The van der Waals surface area contributed by atoms with Crippen molar-refractivity contribution >= 4 is 0 Å². The van der Waals surface area contributed by atoms with Gasteiger partial charge in [0, 0.05) is 18.1 Å². The van der Waals surface area contributed by atoms with Gasteiger partial charge in [-0.3, -0.25) is 0 Å². The Balaban J connectivity index is 2.24. The molecule has 0 unspecified atom stereocenters. The number of nitrogens with one attached hydrogen (secondary N) is 1. The maximum absolute atomic E-state index is 3.66. The molecule has 2 heteroatoms. The molecule has 1 aliphatic carbocycles. The van der Waals surface area contributed by atoms with Crippen LogP contribution in [0.2, 0.25) is 0 Å². The van der Waals surface area contributed by atoms with Gasteiger partial charge in [-0.2, -0.15) is 0 Å². The first-order valence-electron chi connectivity index (χ1n) is 5.43. The van der Waals surface area contributed by atoms with Crippen LogP contribution in [0.3, 0.4) is 0 Å². The lowest BCUT2D eigenvalue weighted by Crippen LogP contribution is -2.48. The molecule has 1 rings (SSSR count). The van der Waals surface area contributed by atoms with Crippen LogP contribution in [0.25, 0.3) is 0 Å². The fraction of sp³-hybridized carbons (Fsp3) is 1.00. The van der Waals surface area contributed by atoms with Crippen LogP contribution in [-0.2, 0) is 0 Å². The second-order valence-electron chi connectivity index (χ2n) is 5.07. The molecule has 0 aromatic rings. The van der Waals surface area contributed by atoms with E-state index >= 15 is 0 Å². The third kappa shape index (κ3) is 3.28. The molecule has 13 heavy (non-hydrogen) atoms. The van der Waals surface area contributed by atoms with Crippen molar-refractivity contribution in [2.75, 3.05) is 20.6 Å². The average molecular weight is 184 g/mol. The molecular formula is C11H24N2. The lowest BCUT2D eigenvalue weighted by atomic mass is 10.0. The Hall–Kier alpha value is -0.0800. The Bertz CT molecular complexity index is 146. The first-order chi connectivity index (χ1) is 6.02. The van der Waals surface area contributed by atoms with E-state index in [9.17, 15) is 0 Å². The monoisotopic (exact) mass is 184 g/mol. The van der Waals surface area contributed by atoms with Crippen molar-refractivity contribution in [3.63, 3.8) is 0 Å². The van der Waals surface area contributed by atoms with Gasteiger partial charge in [-0.15, -0.1) is 0 Å². The Morgan fingerprint density at radius 3 is 2.23 bits per heavy atom. The Morgan fingerprint density at radius 2 is 1.77 bits per heavy atom. The third-order valence-electron chi connectivity index (χ3n) is 3.39. The van der Waals surface area contributed by atoms with Crippen LogP contribution in [0.5, 0.6) is 0 Å². The molecule has 0 aromatic carbocycles. The molecule has 1 aliphatic rings. The SMILES string of the molecule is CN(C)C(C)(C)CNC1CCCC1. The van der Waals surface area contributed by atoms with E-state index in [1.54, 1.807) is 0 Å². The van der Waals surface area contributed by atoms with Gasteiger partial charge < -0.3 is 10.2 Å². The van der Waals surface area contributed by atoms with E-state index in [1.165, 1.54) is 25.7 Å². The van der Waals surface area contributed by atoms with Gasteiger partial charge in [0.1, 0.15) is 0 Å². The average Bonchev–Trinajstić information content (AvgIpc) is 2.52. The zero-order valence-electron chi connectivity index (χ0n) is 9.56. The molecule has 0 heterocycles. The molecule has 0 spiro atoms. The minimum Gasteiger partial charge on any atom is -0.312 e. The predicted octanol–water partition coefficient (Wildman–Crippen LogP) is 1.86. The molecule has 1 fully saturated rings. The lowest BCUT2D eigenvalue weighted by molar-refractivity contribution is 0.184. The zero-order valence-corrected chi connectivity index (χ0v) is 9.56. The molecule has 0 radical (unpaired) electrons. The molecule has 0 bridgehead atoms. The molecule has 0 saturated heterocycles. The van der Waals surface area contributed by atoms with E-state index < -0.39 is 0 Å². The van der Waals surface area contributed by atoms with Crippen molar-refractivity contribution in [2.45, 2.75) is 51.1 Å². The lowest BCUT2D eigenvalue weighted by Gasteiger charge is -2.34. The highest BCUT2D eigenvalue weighted by Gasteiger charge is 2.22. The van der Waals surface area contributed by atoms with Crippen molar-refractivity contribution in [3.05, 3.63) is 0 Å². The van der Waals surface area contributed by atoms with Gasteiger partial charge in [-0.1, -0.05) is 12.8 Å². The maximum Gasteiger partial charge on any atom is 0.0271 e. The van der Waals surface area contributed by atoms with E-state index in [0.29, 0.717) is 0 Å². The number of rotatable bonds is 4. The normalized spacial score (nSPS) is 20.1. The number of hydrogen-bond donors (Lipinski definition) is 1. The van der Waals surface area contributed by atoms with Gasteiger partial charge >= 0.3 is 0 Å². The van der Waals surface area contributed by atoms with Crippen molar-refractivity contribution in [1.29, 1.82) is 0 Å². The van der Waals surface area contributed by atoms with Gasteiger partial charge in [0.25, 0.3) is 0 Å². The van der Waals surface area contributed by atoms with Crippen molar-refractivity contribution in [3.8, 4) is 0 Å². The number of nitrogens with zero attached hydrogens (tertiary/aromatic N) is 1. The van der Waals surface area contributed by atoms with Crippen molar-refractivity contribution in [1.82, 2.24) is 10.2 Å². The Morgan fingerprint density at radius 1 is 1.23 bits per heavy atom. The molecule has 1 saturated carbocycles. The number of hydrogen-bond acceptors (Lipinski definition) is 2. The molecular weight excluding hydrogens is 160 g/mol. The highest BCUT2D eigenvalue weighted by molar-refractivity contribution is 4.83. The Labute approximate surface area is 82.7 Å². The maximum atomic E-state index is 3.66. The van der Waals surface area contributed by atoms with Crippen LogP contribution < -0.4 is 5.32 Å². The molecule has 0 aromatic heterocycles. The molecule has 1 N–H and O–H groups in total. The Kier molecular flexibility index (Phi) is 3.74. The molecule has 78 valence electrons. The summed E-state index contributed by atoms with van der Waals surface area (Å²) in [5, 5.41) is 3.66. The highest BCUT2D eigenvalue weighted by atomic mass is 15.2. The van der Waals surface area contributed by atoms with Crippen LogP contribution >= 0.6 is 0 Å². The molecule has 0 atom stereocenters. The van der Waals surface area contributed by atoms with Gasteiger partial charge in [0.15, 0.2) is 0 Å². The van der Waals surface area contributed by atoms with Gasteiger partial charge in [0.2, 0.25) is 0 Å². The van der Waals surface area contributed by atoms with E-state index in [-0.39, 0.29) is 5.54 Å². The second kappa shape index (κ2) is 4.43. The van der Waals surface area contributed by atoms with Gasteiger partial charge in [-0.25, -0.2) is 0 Å². The van der Waals surface area contributed by atoms with Crippen LogP contribution in [0.4, 0.5) is 0 Å².